The van der Waals surface area contributed by atoms with Crippen LogP contribution in [0.4, 0.5) is 5.95 Å². The van der Waals surface area contributed by atoms with Gasteiger partial charge >= 0.3 is 12.0 Å². The molecule has 40 heavy (non-hydrogen) atoms. The smallest absolute Gasteiger partial charge is 0.330 e. The van der Waals surface area contributed by atoms with Crippen molar-refractivity contribution in [2.45, 2.75) is 37.0 Å². The molecule has 3 atom stereocenters. The summed E-state index contributed by atoms with van der Waals surface area (Å²) in [5.74, 6) is 3.12. The molecule has 1 N–H and O–H groups in total. The molecule has 3 unspecified atom stereocenters. The van der Waals surface area contributed by atoms with Crippen molar-refractivity contribution >= 4 is 5.95 Å². The number of methoxy groups -OCH3 is 1. The minimum atomic E-state index is -0.544. The van der Waals surface area contributed by atoms with Crippen LogP contribution in [0.15, 0.2) is 84.9 Å². The summed E-state index contributed by atoms with van der Waals surface area (Å²) in [6.07, 6.45) is 4.52. The van der Waals surface area contributed by atoms with E-state index in [1.165, 1.54) is 0 Å². The fourth-order valence-corrected chi connectivity index (χ4v) is 5.86. The minimum Gasteiger partial charge on any atom is -0.493 e. The molecule has 2 aliphatic heterocycles. The van der Waals surface area contributed by atoms with Crippen LogP contribution in [0, 0.1) is 0 Å². The van der Waals surface area contributed by atoms with E-state index >= 15 is 0 Å². The maximum absolute atomic E-state index is 10.4. The Kier molecular flexibility index (Phi) is 6.00. The van der Waals surface area contributed by atoms with Crippen molar-refractivity contribution in [3.8, 4) is 35.0 Å². The Balaban J connectivity index is 1.29. The first-order valence-corrected chi connectivity index (χ1v) is 13.3. The summed E-state index contributed by atoms with van der Waals surface area (Å²) in [4.78, 5) is 16.0. The highest BCUT2D eigenvalue weighted by Gasteiger charge is 2.53. The molecule has 4 aromatic rings. The summed E-state index contributed by atoms with van der Waals surface area (Å²) in [7, 11) is 1.65. The monoisotopic (exact) mass is 536 g/mol. The second-order valence-corrected chi connectivity index (χ2v) is 10.1. The molecular weight excluding hydrogens is 508 g/mol. The predicted octanol–water partition coefficient (Wildman–Crippen LogP) is 5.19. The van der Waals surface area contributed by atoms with Crippen LogP contribution in [0.2, 0.25) is 0 Å². The molecule has 0 fully saturated rings. The topological polar surface area (TPSA) is 99.1 Å². The minimum absolute atomic E-state index is 0.144. The third-order valence-electron chi connectivity index (χ3n) is 7.73. The Morgan fingerprint density at radius 3 is 2.23 bits per heavy atom. The van der Waals surface area contributed by atoms with Gasteiger partial charge < -0.3 is 29.0 Å². The molecule has 0 amide bonds. The van der Waals surface area contributed by atoms with E-state index in [0.29, 0.717) is 42.7 Å². The second kappa shape index (κ2) is 9.84. The summed E-state index contributed by atoms with van der Waals surface area (Å²) in [5.41, 5.74) is 1.82. The number of anilines is 1. The predicted molar refractivity (Wildman–Crippen MR) is 147 cm³/mol. The van der Waals surface area contributed by atoms with Crippen molar-refractivity contribution in [2.75, 3.05) is 18.6 Å². The summed E-state index contributed by atoms with van der Waals surface area (Å²) in [6.45, 7) is 1.18. The van der Waals surface area contributed by atoms with E-state index in [0.717, 1.165) is 23.3 Å². The van der Waals surface area contributed by atoms with Gasteiger partial charge in [-0.15, -0.1) is 4.98 Å². The maximum atomic E-state index is 10.4. The first-order chi connectivity index (χ1) is 19.6. The number of hydrogen-bond acceptors (Lipinski definition) is 9. The van der Waals surface area contributed by atoms with Crippen molar-refractivity contribution in [3.05, 3.63) is 96.1 Å². The number of rotatable bonds is 6. The van der Waals surface area contributed by atoms with Crippen LogP contribution in [0.5, 0.6) is 35.0 Å². The lowest BCUT2D eigenvalue weighted by molar-refractivity contribution is 0.0856. The molecule has 0 bridgehead atoms. The zero-order chi connectivity index (χ0) is 27.1. The molecule has 1 aromatic heterocycles. The van der Waals surface area contributed by atoms with Gasteiger partial charge in [-0.1, -0.05) is 54.6 Å². The SMILES string of the molecule is COc1ccc2c3c1OC1CC(O)C=CC31CCN(c1nc(Oc3ccccc3)nc(Oc3ccccc3)n1)C2. The lowest BCUT2D eigenvalue weighted by Crippen LogP contribution is -2.43. The van der Waals surface area contributed by atoms with Crippen LogP contribution in [-0.2, 0) is 12.0 Å². The van der Waals surface area contributed by atoms with E-state index < -0.39 is 6.10 Å². The Hall–Kier alpha value is -4.63. The van der Waals surface area contributed by atoms with E-state index in [1.807, 2.05) is 72.8 Å². The first kappa shape index (κ1) is 24.4. The average Bonchev–Trinajstić information content (AvgIpc) is 3.20. The van der Waals surface area contributed by atoms with Crippen molar-refractivity contribution in [3.63, 3.8) is 0 Å². The fraction of sp³-hybridized carbons (Fsp3) is 0.258. The summed E-state index contributed by atoms with van der Waals surface area (Å²) in [6, 6.07) is 23.1. The molecule has 9 nitrogen and oxygen atoms in total. The molecule has 0 saturated carbocycles. The van der Waals surface area contributed by atoms with Crippen molar-refractivity contribution in [2.24, 2.45) is 0 Å². The number of nitrogens with zero attached hydrogens (tertiary/aromatic N) is 4. The third kappa shape index (κ3) is 4.28. The molecule has 9 heteroatoms. The standard InChI is InChI=1S/C31H28N4O5/c1-37-24-13-12-20-19-35(17-16-31-15-14-21(36)18-25(31)40-27(24)26(20)31)28-32-29(38-22-8-4-2-5-9-22)34-30(33-28)39-23-10-6-3-7-11-23/h2-15,21,25,36H,16-19H2,1H3. The zero-order valence-electron chi connectivity index (χ0n) is 21.9. The van der Waals surface area contributed by atoms with Gasteiger partial charge in [0, 0.05) is 25.1 Å². The van der Waals surface area contributed by atoms with Crippen LogP contribution in [0.25, 0.3) is 0 Å². The Morgan fingerprint density at radius 2 is 1.57 bits per heavy atom. The highest BCUT2D eigenvalue weighted by molar-refractivity contribution is 5.62. The van der Waals surface area contributed by atoms with E-state index in [1.54, 1.807) is 7.11 Å². The van der Waals surface area contributed by atoms with Gasteiger partial charge in [-0.25, -0.2) is 0 Å². The highest BCUT2D eigenvalue weighted by atomic mass is 16.5. The molecule has 1 aliphatic carbocycles. The molecular formula is C31H28N4O5. The molecule has 3 aromatic carbocycles. The first-order valence-electron chi connectivity index (χ1n) is 13.3. The van der Waals surface area contributed by atoms with E-state index in [4.69, 9.17) is 28.9 Å². The van der Waals surface area contributed by atoms with Crippen LogP contribution >= 0.6 is 0 Å². The van der Waals surface area contributed by atoms with Crippen molar-refractivity contribution in [1.29, 1.82) is 0 Å². The molecule has 3 heterocycles. The summed E-state index contributed by atoms with van der Waals surface area (Å²) in [5, 5.41) is 10.4. The largest absolute Gasteiger partial charge is 0.493 e. The molecule has 0 saturated heterocycles. The summed E-state index contributed by atoms with van der Waals surface area (Å²) >= 11 is 0. The molecule has 202 valence electrons. The van der Waals surface area contributed by atoms with Crippen LogP contribution in [0.3, 0.4) is 0 Å². The van der Waals surface area contributed by atoms with E-state index in [2.05, 4.69) is 22.0 Å². The Bertz CT molecular complexity index is 1510. The third-order valence-corrected chi connectivity index (χ3v) is 7.73. The number of aliphatic hydroxyl groups excluding tert-OH is 1. The van der Waals surface area contributed by atoms with Gasteiger partial charge in [-0.2, -0.15) is 9.97 Å². The van der Waals surface area contributed by atoms with Crippen molar-refractivity contribution < 1.29 is 24.1 Å². The van der Waals surface area contributed by atoms with Gasteiger partial charge in [0.1, 0.15) is 17.6 Å². The Labute approximate surface area is 231 Å². The van der Waals surface area contributed by atoms with E-state index in [9.17, 15) is 5.11 Å². The number of hydrogen-bond donors (Lipinski definition) is 1. The molecule has 3 aliphatic rings. The molecule has 1 spiro atoms. The number of benzene rings is 3. The Morgan fingerprint density at radius 1 is 0.900 bits per heavy atom. The highest BCUT2D eigenvalue weighted by Crippen LogP contribution is 2.56. The maximum Gasteiger partial charge on any atom is 0.330 e. The van der Waals surface area contributed by atoms with Crippen molar-refractivity contribution in [1.82, 2.24) is 15.0 Å². The number of aliphatic hydroxyl groups is 1. The molecule has 7 rings (SSSR count). The van der Waals surface area contributed by atoms with Gasteiger partial charge in [-0.05, 0) is 42.3 Å². The van der Waals surface area contributed by atoms with Gasteiger partial charge in [-0.3, -0.25) is 0 Å². The average molecular weight is 537 g/mol. The molecule has 0 radical (unpaired) electrons. The van der Waals surface area contributed by atoms with Crippen LogP contribution in [0.1, 0.15) is 24.0 Å². The van der Waals surface area contributed by atoms with Gasteiger partial charge in [0.05, 0.1) is 18.6 Å². The summed E-state index contributed by atoms with van der Waals surface area (Å²) < 4.78 is 24.2. The van der Waals surface area contributed by atoms with Gasteiger partial charge in [0.25, 0.3) is 0 Å². The van der Waals surface area contributed by atoms with E-state index in [-0.39, 0.29) is 23.5 Å². The number of para-hydroxylation sites is 2. The fourth-order valence-electron chi connectivity index (χ4n) is 5.86. The van der Waals surface area contributed by atoms with Crippen LogP contribution in [-0.4, -0.2) is 45.9 Å². The number of aromatic nitrogens is 3. The van der Waals surface area contributed by atoms with Gasteiger partial charge in [0.15, 0.2) is 11.5 Å². The second-order valence-electron chi connectivity index (χ2n) is 10.1. The number of ether oxygens (including phenoxy) is 4. The lowest BCUT2D eigenvalue weighted by Gasteiger charge is -2.35. The van der Waals surface area contributed by atoms with Crippen LogP contribution < -0.4 is 23.8 Å². The lowest BCUT2D eigenvalue weighted by atomic mass is 9.69. The van der Waals surface area contributed by atoms with Gasteiger partial charge in [0.2, 0.25) is 5.95 Å². The normalized spacial score (nSPS) is 22.5. The quantitative estimate of drug-likeness (QED) is 0.334. The zero-order valence-corrected chi connectivity index (χ0v) is 21.9.